The van der Waals surface area contributed by atoms with Gasteiger partial charge in [-0.15, -0.1) is 0 Å². The van der Waals surface area contributed by atoms with Crippen LogP contribution in [0.2, 0.25) is 10.0 Å². The average Bonchev–Trinajstić information content (AvgIpc) is 2.62. The largest absolute Gasteiger partial charge is 0.497 e. The molecule has 1 N–H and O–H groups in total. The van der Waals surface area contributed by atoms with Gasteiger partial charge in [-0.2, -0.15) is 0 Å². The first kappa shape index (κ1) is 16.9. The molecule has 3 rings (SSSR count). The molecule has 26 heavy (non-hydrogen) atoms. The van der Waals surface area contributed by atoms with Crippen molar-refractivity contribution in [3.63, 3.8) is 0 Å². The van der Waals surface area contributed by atoms with Gasteiger partial charge < -0.3 is 14.4 Å². The number of fused-ring (bicyclic) bond motifs is 1. The van der Waals surface area contributed by atoms with Crippen LogP contribution in [0.15, 0.2) is 47.4 Å². The molecular formula is C19H15Cl2NO4. The Morgan fingerprint density at radius 1 is 1.27 bits per heavy atom. The lowest BCUT2D eigenvalue weighted by Gasteiger charge is -2.13. The third-order valence-corrected chi connectivity index (χ3v) is 4.87. The molecule has 0 atom stereocenters. The minimum Gasteiger partial charge on any atom is -0.497 e. The lowest BCUT2D eigenvalue weighted by Crippen LogP contribution is -2.18. The standard InChI is InChI=1S/C19H15Cl2NO4/c1-26-13-5-6-16-14(8-13)19(25)12(9-22(16)10-17(23)24)7-11-3-2-4-15(20)18(11)21/h2-6,8-9H,7,10H2,1H3,(H,23,24)/i1D. The van der Waals surface area contributed by atoms with Crippen LogP contribution in [-0.4, -0.2) is 22.7 Å². The van der Waals surface area contributed by atoms with Gasteiger partial charge in [0.1, 0.15) is 12.3 Å². The summed E-state index contributed by atoms with van der Waals surface area (Å²) in [6, 6.07) is 9.89. The molecule has 0 fully saturated rings. The summed E-state index contributed by atoms with van der Waals surface area (Å²) < 4.78 is 13.8. The van der Waals surface area contributed by atoms with E-state index in [1.165, 1.54) is 16.8 Å². The number of carboxylic acids is 1. The monoisotopic (exact) mass is 392 g/mol. The molecule has 1 heterocycles. The molecule has 0 spiro atoms. The molecule has 1 aromatic heterocycles. The van der Waals surface area contributed by atoms with Crippen molar-refractivity contribution in [3.8, 4) is 5.75 Å². The number of hydrogen-bond acceptors (Lipinski definition) is 3. The molecule has 0 bridgehead atoms. The zero-order chi connectivity index (χ0) is 19.6. The Balaban J connectivity index is 2.19. The summed E-state index contributed by atoms with van der Waals surface area (Å²) in [5, 5.41) is 10.3. The number of halogens is 2. The van der Waals surface area contributed by atoms with Crippen LogP contribution >= 0.6 is 23.2 Å². The normalized spacial score (nSPS) is 11.4. The zero-order valence-electron chi connectivity index (χ0n) is 14.5. The highest BCUT2D eigenvalue weighted by molar-refractivity contribution is 6.42. The predicted octanol–water partition coefficient (Wildman–Crippen LogP) is 3.99. The van der Waals surface area contributed by atoms with E-state index in [1.54, 1.807) is 30.3 Å². The van der Waals surface area contributed by atoms with Crippen LogP contribution in [-0.2, 0) is 17.8 Å². The van der Waals surface area contributed by atoms with Gasteiger partial charge in [0.05, 0.1) is 24.0 Å². The smallest absolute Gasteiger partial charge is 0.323 e. The third kappa shape index (κ3) is 3.54. The summed E-state index contributed by atoms with van der Waals surface area (Å²) in [4.78, 5) is 24.2. The maximum atomic E-state index is 13.0. The van der Waals surface area contributed by atoms with Crippen molar-refractivity contribution in [2.75, 3.05) is 7.09 Å². The maximum Gasteiger partial charge on any atom is 0.323 e. The summed E-state index contributed by atoms with van der Waals surface area (Å²) in [7, 11) is -0.285. The molecular weight excluding hydrogens is 377 g/mol. The second-order valence-corrected chi connectivity index (χ2v) is 6.50. The Hall–Kier alpha value is -2.50. The Bertz CT molecular complexity index is 1080. The summed E-state index contributed by atoms with van der Waals surface area (Å²) >= 11 is 12.3. The molecule has 0 saturated carbocycles. The second-order valence-electron chi connectivity index (χ2n) is 5.72. The minimum atomic E-state index is -1.03. The zero-order valence-corrected chi connectivity index (χ0v) is 15.0. The maximum absolute atomic E-state index is 13.0. The van der Waals surface area contributed by atoms with Crippen molar-refractivity contribution >= 4 is 40.1 Å². The molecule has 0 aliphatic rings. The lowest BCUT2D eigenvalue weighted by atomic mass is 10.0. The van der Waals surface area contributed by atoms with Crippen LogP contribution in [0.5, 0.6) is 5.75 Å². The number of benzene rings is 2. The summed E-state index contributed by atoms with van der Waals surface area (Å²) in [6.07, 6.45) is 1.73. The van der Waals surface area contributed by atoms with E-state index >= 15 is 0 Å². The second kappa shape index (κ2) is 7.40. The van der Waals surface area contributed by atoms with Gasteiger partial charge in [0, 0.05) is 23.6 Å². The summed E-state index contributed by atoms with van der Waals surface area (Å²) in [5.74, 6) is -0.660. The molecule has 7 heteroatoms. The number of methoxy groups -OCH3 is 1. The minimum absolute atomic E-state index is 0.206. The van der Waals surface area contributed by atoms with Gasteiger partial charge in [-0.05, 0) is 29.8 Å². The van der Waals surface area contributed by atoms with Crippen LogP contribution < -0.4 is 10.2 Å². The van der Waals surface area contributed by atoms with E-state index in [1.807, 2.05) is 0 Å². The van der Waals surface area contributed by atoms with Crippen molar-refractivity contribution in [1.82, 2.24) is 4.57 Å². The summed E-state index contributed by atoms with van der Waals surface area (Å²) in [6.45, 7) is -0.300. The topological polar surface area (TPSA) is 68.5 Å². The van der Waals surface area contributed by atoms with Gasteiger partial charge >= 0.3 is 5.97 Å². The first-order chi connectivity index (χ1) is 12.9. The van der Waals surface area contributed by atoms with E-state index in [-0.39, 0.29) is 25.5 Å². The Morgan fingerprint density at radius 2 is 2.08 bits per heavy atom. The van der Waals surface area contributed by atoms with Gasteiger partial charge in [-0.25, -0.2) is 0 Å². The molecule has 0 unspecified atom stereocenters. The lowest BCUT2D eigenvalue weighted by molar-refractivity contribution is -0.137. The van der Waals surface area contributed by atoms with Gasteiger partial charge in [0.25, 0.3) is 0 Å². The first-order valence-electron chi connectivity index (χ1n) is 8.34. The van der Waals surface area contributed by atoms with Gasteiger partial charge in [0.15, 0.2) is 5.43 Å². The molecule has 2 aromatic carbocycles. The number of nitrogens with zero attached hydrogens (tertiary/aromatic N) is 1. The fraction of sp³-hybridized carbons (Fsp3) is 0.158. The molecule has 0 amide bonds. The summed E-state index contributed by atoms with van der Waals surface area (Å²) in [5.41, 5.74) is 1.27. The number of aliphatic carboxylic acids is 1. The Labute approximate surface area is 160 Å². The molecule has 134 valence electrons. The first-order valence-corrected chi connectivity index (χ1v) is 8.39. The van der Waals surface area contributed by atoms with Crippen molar-refractivity contribution in [3.05, 3.63) is 74.0 Å². The van der Waals surface area contributed by atoms with Crippen molar-refractivity contribution in [1.29, 1.82) is 0 Å². The quantitative estimate of drug-likeness (QED) is 0.712. The van der Waals surface area contributed by atoms with E-state index in [4.69, 9.17) is 29.3 Å². The number of ether oxygens (including phenoxy) is 1. The van der Waals surface area contributed by atoms with Crippen LogP contribution in [0.1, 0.15) is 12.5 Å². The number of hydrogen-bond donors (Lipinski definition) is 1. The molecule has 0 saturated heterocycles. The highest BCUT2D eigenvalue weighted by Crippen LogP contribution is 2.27. The molecule has 3 aromatic rings. The predicted molar refractivity (Wildman–Crippen MR) is 102 cm³/mol. The highest BCUT2D eigenvalue weighted by atomic mass is 35.5. The van der Waals surface area contributed by atoms with Crippen molar-refractivity contribution in [2.24, 2.45) is 0 Å². The third-order valence-electron chi connectivity index (χ3n) is 4.01. The van der Waals surface area contributed by atoms with E-state index in [0.717, 1.165) is 0 Å². The SMILES string of the molecule is [2H]COc1ccc2c(c1)c(=O)c(Cc1cccc(Cl)c1Cl)cn2CC(=O)O. The van der Waals surface area contributed by atoms with Crippen LogP contribution in [0.3, 0.4) is 0 Å². The van der Waals surface area contributed by atoms with Crippen LogP contribution in [0, 0.1) is 0 Å². The molecule has 0 radical (unpaired) electrons. The van der Waals surface area contributed by atoms with Crippen LogP contribution in [0.25, 0.3) is 10.9 Å². The molecule has 0 aliphatic carbocycles. The fourth-order valence-electron chi connectivity index (χ4n) is 2.82. The van der Waals surface area contributed by atoms with E-state index in [0.29, 0.717) is 37.8 Å². The van der Waals surface area contributed by atoms with E-state index in [2.05, 4.69) is 0 Å². The van der Waals surface area contributed by atoms with Gasteiger partial charge in [-0.1, -0.05) is 35.3 Å². The number of pyridine rings is 1. The number of rotatable bonds is 5. The van der Waals surface area contributed by atoms with Crippen LogP contribution in [0.4, 0.5) is 0 Å². The number of carboxylic acid groups (broad SMARTS) is 1. The Kier molecular flexibility index (Phi) is 4.82. The fourth-order valence-corrected chi connectivity index (χ4v) is 3.21. The van der Waals surface area contributed by atoms with Gasteiger partial charge in [-0.3, -0.25) is 9.59 Å². The molecule has 0 aliphatic heterocycles. The number of aromatic nitrogens is 1. The van der Waals surface area contributed by atoms with Crippen molar-refractivity contribution < 1.29 is 16.0 Å². The average molecular weight is 393 g/mol. The van der Waals surface area contributed by atoms with Crippen molar-refractivity contribution in [2.45, 2.75) is 13.0 Å². The van der Waals surface area contributed by atoms with Gasteiger partial charge in [0.2, 0.25) is 0 Å². The number of carbonyl (C=O) groups is 1. The highest BCUT2D eigenvalue weighted by Gasteiger charge is 2.14. The van der Waals surface area contributed by atoms with E-state index < -0.39 is 5.97 Å². The molecule has 5 nitrogen and oxygen atoms in total. The van der Waals surface area contributed by atoms with E-state index in [9.17, 15) is 14.7 Å². The Morgan fingerprint density at radius 3 is 2.81 bits per heavy atom.